The van der Waals surface area contributed by atoms with Gasteiger partial charge < -0.3 is 14.7 Å². The van der Waals surface area contributed by atoms with Crippen LogP contribution in [-0.4, -0.2) is 17.1 Å². The van der Waals surface area contributed by atoms with Crippen molar-refractivity contribution in [1.29, 1.82) is 0 Å². The van der Waals surface area contributed by atoms with E-state index in [0.717, 1.165) is 5.56 Å². The third-order valence-corrected chi connectivity index (χ3v) is 2.68. The third-order valence-electron chi connectivity index (χ3n) is 2.68. The van der Waals surface area contributed by atoms with Crippen molar-refractivity contribution < 1.29 is 4.74 Å². The number of hydrogen-bond donors (Lipinski definition) is 2. The topological polar surface area (TPSA) is 75.0 Å². The molecule has 2 aromatic rings. The Labute approximate surface area is 108 Å². The summed E-state index contributed by atoms with van der Waals surface area (Å²) in [7, 11) is 1.57. The molecule has 0 saturated heterocycles. The van der Waals surface area contributed by atoms with Gasteiger partial charge in [0.15, 0.2) is 0 Å². The van der Waals surface area contributed by atoms with Crippen molar-refractivity contribution in [2.24, 2.45) is 0 Å². The number of aromatic amines is 2. The van der Waals surface area contributed by atoms with Crippen LogP contribution in [0.2, 0.25) is 0 Å². The first-order valence-electron chi connectivity index (χ1n) is 5.79. The molecule has 1 aromatic heterocycles. The van der Waals surface area contributed by atoms with E-state index in [-0.39, 0.29) is 21.8 Å². The highest BCUT2D eigenvalue weighted by molar-refractivity contribution is 5.50. The number of methoxy groups -OCH3 is 1. The van der Waals surface area contributed by atoms with Gasteiger partial charge in [0.2, 0.25) is 0 Å². The first-order chi connectivity index (χ1) is 9.13. The lowest BCUT2D eigenvalue weighted by Crippen LogP contribution is -2.46. The van der Waals surface area contributed by atoms with Gasteiger partial charge in [0.25, 0.3) is 11.1 Å². The molecule has 5 heteroatoms. The van der Waals surface area contributed by atoms with E-state index in [0.29, 0.717) is 5.75 Å². The lowest BCUT2D eigenvalue weighted by Gasteiger charge is -1.99. The summed E-state index contributed by atoms with van der Waals surface area (Å²) in [4.78, 5) is 28.5. The molecule has 0 atom stereocenters. The summed E-state index contributed by atoms with van der Waals surface area (Å²) < 4.78 is 5.10. The third kappa shape index (κ3) is 2.82. The molecule has 0 aliphatic rings. The molecule has 0 bridgehead atoms. The average Bonchev–Trinajstić information content (AvgIpc) is 2.42. The van der Waals surface area contributed by atoms with Crippen LogP contribution in [0.4, 0.5) is 0 Å². The van der Waals surface area contributed by atoms with Gasteiger partial charge in [0.05, 0.1) is 7.11 Å². The van der Waals surface area contributed by atoms with E-state index >= 15 is 0 Å². The van der Waals surface area contributed by atoms with Crippen LogP contribution in [0.3, 0.4) is 0 Å². The standard InChI is InChI=1S/C14H14N2O3/c1-3-11-13(17)16-12(14(18)15-11)8-9-5-4-6-10(7-9)19-2/h3-8H,1-2H3,(H,15,18)(H,16,17)/b11-3-,12-8-. The molecule has 98 valence electrons. The summed E-state index contributed by atoms with van der Waals surface area (Å²) >= 11 is 0. The zero-order valence-electron chi connectivity index (χ0n) is 10.7. The minimum absolute atomic E-state index is 0.212. The molecule has 19 heavy (non-hydrogen) atoms. The Morgan fingerprint density at radius 2 is 1.79 bits per heavy atom. The normalized spacial score (nSPS) is 12.7. The smallest absolute Gasteiger partial charge is 0.272 e. The summed E-state index contributed by atoms with van der Waals surface area (Å²) in [6.45, 7) is 1.69. The second-order valence-electron chi connectivity index (χ2n) is 3.95. The Hall–Kier alpha value is -2.56. The molecular weight excluding hydrogens is 244 g/mol. The summed E-state index contributed by atoms with van der Waals surface area (Å²) in [6.07, 6.45) is 3.15. The number of ether oxygens (including phenoxy) is 1. The van der Waals surface area contributed by atoms with Crippen molar-refractivity contribution in [3.63, 3.8) is 0 Å². The van der Waals surface area contributed by atoms with E-state index in [1.165, 1.54) is 0 Å². The van der Waals surface area contributed by atoms with Crippen molar-refractivity contribution in [3.8, 4) is 5.75 Å². The minimum atomic E-state index is -0.337. The molecule has 0 unspecified atom stereocenters. The number of aromatic nitrogens is 2. The Bertz CT molecular complexity index is 816. The van der Waals surface area contributed by atoms with E-state index in [4.69, 9.17) is 4.74 Å². The highest BCUT2D eigenvalue weighted by Crippen LogP contribution is 2.12. The van der Waals surface area contributed by atoms with Crippen LogP contribution in [-0.2, 0) is 0 Å². The quantitative estimate of drug-likeness (QED) is 0.776. The van der Waals surface area contributed by atoms with Crippen LogP contribution >= 0.6 is 0 Å². The lowest BCUT2D eigenvalue weighted by atomic mass is 10.2. The van der Waals surface area contributed by atoms with Gasteiger partial charge in [-0.2, -0.15) is 0 Å². The number of H-pyrrole nitrogens is 2. The fourth-order valence-corrected chi connectivity index (χ4v) is 1.70. The van der Waals surface area contributed by atoms with Gasteiger partial charge in [-0.1, -0.05) is 18.2 Å². The highest BCUT2D eigenvalue weighted by atomic mass is 16.5. The van der Waals surface area contributed by atoms with Gasteiger partial charge in [-0.25, -0.2) is 0 Å². The first-order valence-corrected chi connectivity index (χ1v) is 5.79. The van der Waals surface area contributed by atoms with Crippen molar-refractivity contribution in [2.75, 3.05) is 7.11 Å². The van der Waals surface area contributed by atoms with E-state index in [9.17, 15) is 9.59 Å². The molecule has 0 aliphatic carbocycles. The zero-order valence-corrected chi connectivity index (χ0v) is 10.7. The minimum Gasteiger partial charge on any atom is -0.497 e. The van der Waals surface area contributed by atoms with Gasteiger partial charge in [-0.15, -0.1) is 0 Å². The number of benzene rings is 1. The Kier molecular flexibility index (Phi) is 3.66. The predicted molar refractivity (Wildman–Crippen MR) is 73.6 cm³/mol. The SMILES string of the molecule is C/C=c1\[nH]c(=O)/c(=C/c2cccc(OC)c2)[nH]c1=O. The summed E-state index contributed by atoms with van der Waals surface area (Å²) in [5, 5.41) is 0.469. The van der Waals surface area contributed by atoms with Crippen LogP contribution in [0.1, 0.15) is 12.5 Å². The van der Waals surface area contributed by atoms with Crippen molar-refractivity contribution >= 4 is 12.2 Å². The Morgan fingerprint density at radius 1 is 1.11 bits per heavy atom. The van der Waals surface area contributed by atoms with E-state index < -0.39 is 0 Å². The molecule has 5 nitrogen and oxygen atoms in total. The largest absolute Gasteiger partial charge is 0.497 e. The second kappa shape index (κ2) is 5.39. The van der Waals surface area contributed by atoms with E-state index in [2.05, 4.69) is 9.97 Å². The highest BCUT2D eigenvalue weighted by Gasteiger charge is 1.96. The van der Waals surface area contributed by atoms with Gasteiger partial charge in [-0.05, 0) is 30.7 Å². The van der Waals surface area contributed by atoms with Crippen molar-refractivity contribution in [3.05, 3.63) is 61.2 Å². The molecule has 2 rings (SSSR count). The maximum Gasteiger partial charge on any atom is 0.272 e. The summed E-state index contributed by atoms with van der Waals surface area (Å²) in [6, 6.07) is 7.21. The number of hydrogen-bond acceptors (Lipinski definition) is 3. The average molecular weight is 258 g/mol. The fraction of sp³-hybridized carbons (Fsp3) is 0.143. The van der Waals surface area contributed by atoms with Crippen LogP contribution in [0.15, 0.2) is 33.9 Å². The van der Waals surface area contributed by atoms with E-state index in [1.807, 2.05) is 12.1 Å². The summed E-state index contributed by atoms with van der Waals surface area (Å²) in [5.74, 6) is 0.686. The Morgan fingerprint density at radius 3 is 2.47 bits per heavy atom. The fourth-order valence-electron chi connectivity index (χ4n) is 1.70. The van der Waals surface area contributed by atoms with Gasteiger partial charge in [0.1, 0.15) is 16.4 Å². The predicted octanol–water partition coefficient (Wildman–Crippen LogP) is -0.299. The van der Waals surface area contributed by atoms with Crippen molar-refractivity contribution in [1.82, 2.24) is 9.97 Å². The molecule has 1 heterocycles. The van der Waals surface area contributed by atoms with Gasteiger partial charge in [0, 0.05) is 0 Å². The monoisotopic (exact) mass is 258 g/mol. The number of rotatable bonds is 2. The van der Waals surface area contributed by atoms with Gasteiger partial charge >= 0.3 is 0 Å². The Balaban J connectivity index is 2.64. The van der Waals surface area contributed by atoms with Crippen LogP contribution in [0.5, 0.6) is 5.75 Å². The van der Waals surface area contributed by atoms with Crippen LogP contribution < -0.4 is 26.6 Å². The molecule has 0 radical (unpaired) electrons. The maximum atomic E-state index is 11.8. The molecular formula is C14H14N2O3. The van der Waals surface area contributed by atoms with Gasteiger partial charge in [-0.3, -0.25) is 9.59 Å². The molecule has 2 N–H and O–H groups in total. The molecule has 1 aromatic carbocycles. The van der Waals surface area contributed by atoms with Crippen LogP contribution in [0, 0.1) is 0 Å². The van der Waals surface area contributed by atoms with Crippen molar-refractivity contribution in [2.45, 2.75) is 6.92 Å². The maximum absolute atomic E-state index is 11.8. The molecule has 0 aliphatic heterocycles. The summed E-state index contributed by atoms with van der Waals surface area (Å²) in [5.41, 5.74) is 0.112. The number of nitrogens with one attached hydrogen (secondary N) is 2. The van der Waals surface area contributed by atoms with Crippen LogP contribution in [0.25, 0.3) is 12.2 Å². The first kappa shape index (κ1) is 12.9. The molecule has 0 spiro atoms. The van der Waals surface area contributed by atoms with E-state index in [1.54, 1.807) is 38.3 Å². The molecule has 0 fully saturated rings. The zero-order chi connectivity index (χ0) is 13.8. The molecule has 0 amide bonds. The lowest BCUT2D eigenvalue weighted by molar-refractivity contribution is 0.414. The second-order valence-corrected chi connectivity index (χ2v) is 3.95. The molecule has 0 saturated carbocycles.